The monoisotopic (exact) mass is 282 g/mol. The van der Waals surface area contributed by atoms with E-state index in [4.69, 9.17) is 10.5 Å². The summed E-state index contributed by atoms with van der Waals surface area (Å²) in [5, 5.41) is 4.11. The Kier molecular flexibility index (Phi) is 6.32. The van der Waals surface area contributed by atoms with E-state index in [2.05, 4.69) is 22.2 Å². The van der Waals surface area contributed by atoms with Gasteiger partial charge >= 0.3 is 0 Å². The van der Waals surface area contributed by atoms with Crippen molar-refractivity contribution >= 4 is 12.4 Å². The molecule has 0 radical (unpaired) electrons. The van der Waals surface area contributed by atoms with Crippen molar-refractivity contribution in [2.24, 2.45) is 5.73 Å². The van der Waals surface area contributed by atoms with Crippen LogP contribution in [0.1, 0.15) is 17.5 Å². The average Bonchev–Trinajstić information content (AvgIpc) is 2.89. The van der Waals surface area contributed by atoms with Gasteiger partial charge in [-0.15, -0.1) is 12.4 Å². The second-order valence-electron chi connectivity index (χ2n) is 4.13. The van der Waals surface area contributed by atoms with E-state index in [-0.39, 0.29) is 12.4 Å². The van der Waals surface area contributed by atoms with Crippen molar-refractivity contribution in [2.75, 3.05) is 13.7 Å². The van der Waals surface area contributed by atoms with Gasteiger partial charge in [0.1, 0.15) is 18.4 Å². The summed E-state index contributed by atoms with van der Waals surface area (Å²) < 4.78 is 7.15. The molecular weight excluding hydrogens is 264 g/mol. The summed E-state index contributed by atoms with van der Waals surface area (Å²) in [6.07, 6.45) is 5.22. The van der Waals surface area contributed by atoms with Crippen LogP contribution in [0.3, 0.4) is 0 Å². The quantitative estimate of drug-likeness (QED) is 0.875. The fraction of sp³-hybridized carbons (Fsp3) is 0.385. The summed E-state index contributed by atoms with van der Waals surface area (Å²) in [7, 11) is 1.68. The van der Waals surface area contributed by atoms with Crippen LogP contribution in [0.4, 0.5) is 0 Å². The maximum absolute atomic E-state index is 5.53. The van der Waals surface area contributed by atoms with Crippen LogP contribution in [0.5, 0.6) is 5.75 Å². The normalized spacial score (nSPS) is 10.0. The lowest BCUT2D eigenvalue weighted by Crippen LogP contribution is -2.04. The van der Waals surface area contributed by atoms with Crippen LogP contribution in [0.2, 0.25) is 0 Å². The molecule has 0 spiro atoms. The molecule has 0 saturated heterocycles. The van der Waals surface area contributed by atoms with Crippen molar-refractivity contribution in [3.05, 3.63) is 42.0 Å². The highest BCUT2D eigenvalue weighted by atomic mass is 35.5. The Morgan fingerprint density at radius 3 is 2.84 bits per heavy atom. The van der Waals surface area contributed by atoms with Crippen molar-refractivity contribution in [1.29, 1.82) is 0 Å². The third kappa shape index (κ3) is 4.22. The minimum Gasteiger partial charge on any atom is -0.496 e. The van der Waals surface area contributed by atoms with E-state index in [0.717, 1.165) is 24.2 Å². The number of aryl methyl sites for hydroxylation is 1. The minimum absolute atomic E-state index is 0. The smallest absolute Gasteiger partial charge is 0.137 e. The number of hydrogen-bond donors (Lipinski definition) is 1. The van der Waals surface area contributed by atoms with Gasteiger partial charge in [-0.25, -0.2) is 9.67 Å². The van der Waals surface area contributed by atoms with Crippen molar-refractivity contribution in [3.8, 4) is 5.75 Å². The highest BCUT2D eigenvalue weighted by Crippen LogP contribution is 2.21. The second-order valence-corrected chi connectivity index (χ2v) is 4.13. The van der Waals surface area contributed by atoms with Gasteiger partial charge < -0.3 is 10.5 Å². The molecule has 0 unspecified atom stereocenters. The van der Waals surface area contributed by atoms with Gasteiger partial charge in [0.15, 0.2) is 0 Å². The van der Waals surface area contributed by atoms with E-state index in [9.17, 15) is 0 Å². The zero-order valence-corrected chi connectivity index (χ0v) is 11.8. The molecule has 0 amide bonds. The SMILES string of the molecule is COc1ccc(CCCN)cc1Cn1cncn1.Cl. The fourth-order valence-corrected chi connectivity index (χ4v) is 1.91. The molecule has 5 nitrogen and oxygen atoms in total. The van der Waals surface area contributed by atoms with Crippen LogP contribution >= 0.6 is 12.4 Å². The second kappa shape index (κ2) is 7.76. The Morgan fingerprint density at radius 2 is 2.21 bits per heavy atom. The summed E-state index contributed by atoms with van der Waals surface area (Å²) >= 11 is 0. The van der Waals surface area contributed by atoms with Gasteiger partial charge in [-0.3, -0.25) is 0 Å². The molecule has 0 bridgehead atoms. The topological polar surface area (TPSA) is 66.0 Å². The Labute approximate surface area is 119 Å². The van der Waals surface area contributed by atoms with Gasteiger partial charge in [-0.05, 0) is 31.0 Å². The Bertz CT molecular complexity index is 487. The van der Waals surface area contributed by atoms with Gasteiger partial charge in [0.05, 0.1) is 13.7 Å². The average molecular weight is 283 g/mol. The zero-order chi connectivity index (χ0) is 12.8. The van der Waals surface area contributed by atoms with Gasteiger partial charge in [0.2, 0.25) is 0 Å². The van der Waals surface area contributed by atoms with Gasteiger partial charge in [0, 0.05) is 5.56 Å². The van der Waals surface area contributed by atoms with Crippen molar-refractivity contribution in [3.63, 3.8) is 0 Å². The van der Waals surface area contributed by atoms with Crippen LogP contribution in [0.15, 0.2) is 30.9 Å². The maximum atomic E-state index is 5.53. The first-order valence-electron chi connectivity index (χ1n) is 6.01. The third-order valence-electron chi connectivity index (χ3n) is 2.81. The summed E-state index contributed by atoms with van der Waals surface area (Å²) in [4.78, 5) is 3.94. The third-order valence-corrected chi connectivity index (χ3v) is 2.81. The number of halogens is 1. The van der Waals surface area contributed by atoms with E-state index in [0.29, 0.717) is 13.1 Å². The largest absolute Gasteiger partial charge is 0.496 e. The molecule has 2 N–H and O–H groups in total. The standard InChI is InChI=1S/C13H18N4O.ClH/c1-18-13-5-4-11(3-2-6-14)7-12(13)8-17-10-15-9-16-17;/h4-5,7,9-10H,2-3,6,8,14H2,1H3;1H. The minimum atomic E-state index is 0. The lowest BCUT2D eigenvalue weighted by atomic mass is 10.1. The molecule has 0 atom stereocenters. The first-order chi connectivity index (χ1) is 8.83. The Balaban J connectivity index is 0.00000180. The number of ether oxygens (including phenoxy) is 1. The molecule has 0 aliphatic carbocycles. The number of methoxy groups -OCH3 is 1. The van der Waals surface area contributed by atoms with Gasteiger partial charge in [0.25, 0.3) is 0 Å². The highest BCUT2D eigenvalue weighted by molar-refractivity contribution is 5.85. The highest BCUT2D eigenvalue weighted by Gasteiger charge is 2.05. The molecule has 1 aromatic carbocycles. The Hall–Kier alpha value is -1.59. The summed E-state index contributed by atoms with van der Waals surface area (Å²) in [5.74, 6) is 0.877. The molecule has 104 valence electrons. The van der Waals surface area contributed by atoms with Crippen LogP contribution < -0.4 is 10.5 Å². The molecule has 1 heterocycles. The zero-order valence-electron chi connectivity index (χ0n) is 11.0. The number of aromatic nitrogens is 3. The molecule has 0 saturated carbocycles. The van der Waals surface area contributed by atoms with Crippen LogP contribution in [-0.4, -0.2) is 28.4 Å². The predicted molar refractivity (Wildman–Crippen MR) is 76.7 cm³/mol. The van der Waals surface area contributed by atoms with Gasteiger partial charge in [-0.1, -0.05) is 12.1 Å². The van der Waals surface area contributed by atoms with Crippen LogP contribution in [0, 0.1) is 0 Å². The molecule has 6 heteroatoms. The number of nitrogens with two attached hydrogens (primary N) is 1. The molecule has 1 aromatic heterocycles. The van der Waals surface area contributed by atoms with Crippen molar-refractivity contribution < 1.29 is 4.74 Å². The summed E-state index contributed by atoms with van der Waals surface area (Å²) in [6, 6.07) is 6.23. The first kappa shape index (κ1) is 15.5. The molecule has 0 aliphatic heterocycles. The molecule has 2 aromatic rings. The lowest BCUT2D eigenvalue weighted by molar-refractivity contribution is 0.407. The van der Waals surface area contributed by atoms with E-state index in [1.165, 1.54) is 11.9 Å². The predicted octanol–water partition coefficient (Wildman–Crippen LogP) is 1.65. The molecule has 0 fully saturated rings. The van der Waals surface area contributed by atoms with E-state index in [1.54, 1.807) is 18.1 Å². The van der Waals surface area contributed by atoms with Crippen LogP contribution in [-0.2, 0) is 13.0 Å². The van der Waals surface area contributed by atoms with E-state index >= 15 is 0 Å². The summed E-state index contributed by atoms with van der Waals surface area (Å²) in [5.41, 5.74) is 7.92. The molecule has 19 heavy (non-hydrogen) atoms. The molecule has 0 aliphatic rings. The Morgan fingerprint density at radius 1 is 1.37 bits per heavy atom. The van der Waals surface area contributed by atoms with Gasteiger partial charge in [-0.2, -0.15) is 5.10 Å². The van der Waals surface area contributed by atoms with E-state index in [1.807, 2.05) is 6.07 Å². The number of rotatable bonds is 6. The number of benzene rings is 1. The van der Waals surface area contributed by atoms with Crippen LogP contribution in [0.25, 0.3) is 0 Å². The lowest BCUT2D eigenvalue weighted by Gasteiger charge is -2.10. The molecule has 2 rings (SSSR count). The van der Waals surface area contributed by atoms with Crippen molar-refractivity contribution in [1.82, 2.24) is 14.8 Å². The number of nitrogens with zero attached hydrogens (tertiary/aromatic N) is 3. The maximum Gasteiger partial charge on any atom is 0.137 e. The summed E-state index contributed by atoms with van der Waals surface area (Å²) in [6.45, 7) is 1.38. The van der Waals surface area contributed by atoms with E-state index < -0.39 is 0 Å². The van der Waals surface area contributed by atoms with Crippen molar-refractivity contribution in [2.45, 2.75) is 19.4 Å². The first-order valence-corrected chi connectivity index (χ1v) is 6.01. The fourth-order valence-electron chi connectivity index (χ4n) is 1.91. The molecular formula is C13H19ClN4O. The number of hydrogen-bond acceptors (Lipinski definition) is 4.